The fourth-order valence-corrected chi connectivity index (χ4v) is 2.08. The summed E-state index contributed by atoms with van der Waals surface area (Å²) in [6, 6.07) is 9.18. The number of carbonyl (C=O) groups is 1. The van der Waals surface area contributed by atoms with Crippen LogP contribution in [0, 0.1) is 6.92 Å². The van der Waals surface area contributed by atoms with Crippen molar-refractivity contribution in [2.45, 2.75) is 19.9 Å². The first-order valence-electron chi connectivity index (χ1n) is 6.82. The molecule has 3 aromatic rings. The lowest BCUT2D eigenvalue weighted by Gasteiger charge is -2.13. The molecule has 1 N–H and O–H groups in total. The Morgan fingerprint density at radius 2 is 2.09 bits per heavy atom. The van der Waals surface area contributed by atoms with Crippen LogP contribution in [0.15, 0.2) is 47.5 Å². The SMILES string of the molecule is Cc1cc(C(=O)N[C@H](C)c2ccc(-n3cncn3)cc2)on1. The highest BCUT2D eigenvalue weighted by Crippen LogP contribution is 2.16. The van der Waals surface area contributed by atoms with E-state index in [9.17, 15) is 4.79 Å². The topological polar surface area (TPSA) is 85.8 Å². The second kappa shape index (κ2) is 5.80. The first kappa shape index (κ1) is 14.0. The number of benzene rings is 1. The summed E-state index contributed by atoms with van der Waals surface area (Å²) in [5.74, 6) is -0.0722. The molecule has 112 valence electrons. The zero-order chi connectivity index (χ0) is 15.5. The van der Waals surface area contributed by atoms with Gasteiger partial charge in [0.2, 0.25) is 5.76 Å². The molecule has 0 fully saturated rings. The fourth-order valence-electron chi connectivity index (χ4n) is 2.08. The minimum Gasteiger partial charge on any atom is -0.351 e. The highest BCUT2D eigenvalue weighted by atomic mass is 16.5. The van der Waals surface area contributed by atoms with Gasteiger partial charge in [0.15, 0.2) is 0 Å². The normalized spacial score (nSPS) is 12.1. The number of aryl methyl sites for hydroxylation is 1. The predicted molar refractivity (Wildman–Crippen MR) is 78.5 cm³/mol. The fraction of sp³-hybridized carbons (Fsp3) is 0.200. The molecule has 2 heterocycles. The summed E-state index contributed by atoms with van der Waals surface area (Å²) in [5, 5.41) is 10.6. The number of hydrogen-bond donors (Lipinski definition) is 1. The zero-order valence-corrected chi connectivity index (χ0v) is 12.2. The summed E-state index contributed by atoms with van der Waals surface area (Å²) in [4.78, 5) is 15.9. The van der Waals surface area contributed by atoms with E-state index >= 15 is 0 Å². The smallest absolute Gasteiger partial charge is 0.290 e. The molecular formula is C15H15N5O2. The van der Waals surface area contributed by atoms with Gasteiger partial charge in [0.1, 0.15) is 12.7 Å². The Morgan fingerprint density at radius 1 is 1.32 bits per heavy atom. The lowest BCUT2D eigenvalue weighted by Crippen LogP contribution is -2.26. The van der Waals surface area contributed by atoms with E-state index < -0.39 is 0 Å². The maximum absolute atomic E-state index is 12.0. The number of nitrogens with zero attached hydrogens (tertiary/aromatic N) is 4. The molecule has 0 unspecified atom stereocenters. The maximum atomic E-state index is 12.0. The molecule has 7 heteroatoms. The zero-order valence-electron chi connectivity index (χ0n) is 12.2. The van der Waals surface area contributed by atoms with Gasteiger partial charge >= 0.3 is 0 Å². The molecule has 0 aliphatic heterocycles. The number of hydrogen-bond acceptors (Lipinski definition) is 5. The van der Waals surface area contributed by atoms with Crippen LogP contribution in [-0.4, -0.2) is 25.8 Å². The second-order valence-corrected chi connectivity index (χ2v) is 4.96. The summed E-state index contributed by atoms with van der Waals surface area (Å²) in [7, 11) is 0. The molecule has 0 bridgehead atoms. The Kier molecular flexibility index (Phi) is 3.69. The van der Waals surface area contributed by atoms with Crippen molar-refractivity contribution in [2.75, 3.05) is 0 Å². The van der Waals surface area contributed by atoms with Crippen LogP contribution in [0.3, 0.4) is 0 Å². The van der Waals surface area contributed by atoms with Gasteiger partial charge in [0.25, 0.3) is 5.91 Å². The van der Waals surface area contributed by atoms with Crippen LogP contribution in [0.1, 0.15) is 34.8 Å². The van der Waals surface area contributed by atoms with Gasteiger partial charge in [0.05, 0.1) is 17.4 Å². The van der Waals surface area contributed by atoms with Gasteiger partial charge in [-0.05, 0) is 31.5 Å². The summed E-state index contributed by atoms with van der Waals surface area (Å²) in [6.45, 7) is 3.68. The highest BCUT2D eigenvalue weighted by Gasteiger charge is 2.15. The van der Waals surface area contributed by atoms with Crippen LogP contribution in [0.4, 0.5) is 0 Å². The van der Waals surface area contributed by atoms with Crippen molar-refractivity contribution in [1.82, 2.24) is 25.2 Å². The molecule has 3 rings (SSSR count). The van der Waals surface area contributed by atoms with Gasteiger partial charge in [-0.15, -0.1) is 0 Å². The standard InChI is InChI=1S/C15H15N5O2/c1-10-7-14(22-19-10)15(21)18-11(2)12-3-5-13(6-4-12)20-9-16-8-17-20/h3-9,11H,1-2H3,(H,18,21)/t11-/m1/s1. The van der Waals surface area contributed by atoms with Gasteiger partial charge in [-0.2, -0.15) is 5.10 Å². The average molecular weight is 297 g/mol. The van der Waals surface area contributed by atoms with E-state index in [-0.39, 0.29) is 17.7 Å². The van der Waals surface area contributed by atoms with Crippen molar-refractivity contribution < 1.29 is 9.32 Å². The summed E-state index contributed by atoms with van der Waals surface area (Å²) < 4.78 is 6.62. The third-order valence-corrected chi connectivity index (χ3v) is 3.28. The number of aromatic nitrogens is 4. The average Bonchev–Trinajstić information content (AvgIpc) is 3.18. The van der Waals surface area contributed by atoms with E-state index in [0.717, 1.165) is 11.3 Å². The van der Waals surface area contributed by atoms with Gasteiger partial charge in [-0.25, -0.2) is 9.67 Å². The lowest BCUT2D eigenvalue weighted by atomic mass is 10.1. The van der Waals surface area contributed by atoms with Crippen molar-refractivity contribution in [3.05, 3.63) is 60.0 Å². The van der Waals surface area contributed by atoms with E-state index in [1.54, 1.807) is 24.0 Å². The predicted octanol–water partition coefficient (Wildman–Crippen LogP) is 2.05. The monoisotopic (exact) mass is 297 g/mol. The molecule has 1 aromatic carbocycles. The van der Waals surface area contributed by atoms with Crippen molar-refractivity contribution in [3.63, 3.8) is 0 Å². The molecule has 0 saturated carbocycles. The van der Waals surface area contributed by atoms with Gasteiger partial charge in [-0.1, -0.05) is 17.3 Å². The van der Waals surface area contributed by atoms with Gasteiger partial charge in [-0.3, -0.25) is 4.79 Å². The van der Waals surface area contributed by atoms with Crippen LogP contribution in [-0.2, 0) is 0 Å². The maximum Gasteiger partial charge on any atom is 0.290 e. The van der Waals surface area contributed by atoms with E-state index in [1.807, 2.05) is 31.2 Å². The summed E-state index contributed by atoms with van der Waals surface area (Å²) >= 11 is 0. The molecule has 22 heavy (non-hydrogen) atoms. The molecule has 1 atom stereocenters. The molecule has 0 saturated heterocycles. The molecule has 0 aliphatic rings. The van der Waals surface area contributed by atoms with Crippen LogP contribution in [0.5, 0.6) is 0 Å². The van der Waals surface area contributed by atoms with Crippen LogP contribution >= 0.6 is 0 Å². The molecule has 0 aliphatic carbocycles. The number of amides is 1. The first-order chi connectivity index (χ1) is 10.6. The van der Waals surface area contributed by atoms with E-state index in [2.05, 4.69) is 20.6 Å². The van der Waals surface area contributed by atoms with Crippen molar-refractivity contribution in [3.8, 4) is 5.69 Å². The summed E-state index contributed by atoms with van der Waals surface area (Å²) in [6.07, 6.45) is 3.11. The van der Waals surface area contributed by atoms with Crippen molar-refractivity contribution in [1.29, 1.82) is 0 Å². The van der Waals surface area contributed by atoms with Crippen LogP contribution in [0.25, 0.3) is 5.69 Å². The van der Waals surface area contributed by atoms with Gasteiger partial charge in [0, 0.05) is 6.07 Å². The summed E-state index contributed by atoms with van der Waals surface area (Å²) in [5.41, 5.74) is 2.56. The Morgan fingerprint density at radius 3 is 2.68 bits per heavy atom. The van der Waals surface area contributed by atoms with Gasteiger partial charge < -0.3 is 9.84 Å². The number of carbonyl (C=O) groups excluding carboxylic acids is 1. The first-order valence-corrected chi connectivity index (χ1v) is 6.82. The molecule has 0 radical (unpaired) electrons. The van der Waals surface area contributed by atoms with E-state index in [0.29, 0.717) is 5.69 Å². The van der Waals surface area contributed by atoms with E-state index in [1.165, 1.54) is 6.33 Å². The third kappa shape index (κ3) is 2.88. The van der Waals surface area contributed by atoms with Crippen molar-refractivity contribution in [2.24, 2.45) is 0 Å². The second-order valence-electron chi connectivity index (χ2n) is 4.96. The molecular weight excluding hydrogens is 282 g/mol. The minimum atomic E-state index is -0.284. The molecule has 7 nitrogen and oxygen atoms in total. The Bertz CT molecular complexity index is 762. The Hall–Kier alpha value is -2.96. The molecule has 0 spiro atoms. The molecule has 1 amide bonds. The quantitative estimate of drug-likeness (QED) is 0.796. The molecule has 2 aromatic heterocycles. The lowest BCUT2D eigenvalue weighted by molar-refractivity contribution is 0.0902. The largest absolute Gasteiger partial charge is 0.351 e. The Balaban J connectivity index is 1.69. The minimum absolute atomic E-state index is 0.150. The van der Waals surface area contributed by atoms with Crippen LogP contribution in [0.2, 0.25) is 0 Å². The Labute approximate surface area is 127 Å². The van der Waals surface area contributed by atoms with E-state index in [4.69, 9.17) is 4.52 Å². The van der Waals surface area contributed by atoms with Crippen LogP contribution < -0.4 is 5.32 Å². The van der Waals surface area contributed by atoms with Crippen molar-refractivity contribution >= 4 is 5.91 Å². The number of rotatable bonds is 4. The number of nitrogens with one attached hydrogen (secondary N) is 1. The highest BCUT2D eigenvalue weighted by molar-refractivity contribution is 5.91. The third-order valence-electron chi connectivity index (χ3n) is 3.28.